The molecule has 0 aliphatic rings. The summed E-state index contributed by atoms with van der Waals surface area (Å²) in [4.78, 5) is 23.7. The molecule has 21 heavy (non-hydrogen) atoms. The molecule has 0 unspecified atom stereocenters. The Bertz CT molecular complexity index is 606. The second-order valence-corrected chi connectivity index (χ2v) is 4.59. The largest absolute Gasteiger partial charge is 0.497 e. The summed E-state index contributed by atoms with van der Waals surface area (Å²) >= 11 is 0. The fourth-order valence-corrected chi connectivity index (χ4v) is 1.88. The molecule has 0 heterocycles. The van der Waals surface area contributed by atoms with Crippen LogP contribution in [0.5, 0.6) is 5.75 Å². The van der Waals surface area contributed by atoms with Gasteiger partial charge in [-0.25, -0.2) is 0 Å². The topological polar surface area (TPSA) is 55.4 Å². The minimum atomic E-state index is -0.278. The zero-order chi connectivity index (χ0) is 15.1. The van der Waals surface area contributed by atoms with Crippen molar-refractivity contribution in [1.82, 2.24) is 5.32 Å². The molecule has 108 valence electrons. The van der Waals surface area contributed by atoms with Gasteiger partial charge in [0.2, 0.25) is 5.91 Å². The number of carbonyl (C=O) groups is 2. The van der Waals surface area contributed by atoms with Crippen molar-refractivity contribution in [2.75, 3.05) is 7.11 Å². The molecule has 0 aliphatic heterocycles. The van der Waals surface area contributed by atoms with Gasteiger partial charge in [-0.15, -0.1) is 0 Å². The van der Waals surface area contributed by atoms with Gasteiger partial charge in [-0.3, -0.25) is 9.59 Å². The molecule has 0 saturated heterocycles. The predicted octanol–water partition coefficient (Wildman–Crippen LogP) is 2.58. The monoisotopic (exact) mass is 283 g/mol. The van der Waals surface area contributed by atoms with Gasteiger partial charge in [0.15, 0.2) is 5.78 Å². The standard InChI is InChI=1S/C17H17NO3/c1-21-15-9-7-14(8-10-15)16(19)11-17(20)18-12-13-5-3-2-4-6-13/h2-10H,11-12H2,1H3,(H,18,20). The van der Waals surface area contributed by atoms with Crippen LogP contribution in [0, 0.1) is 0 Å². The van der Waals surface area contributed by atoms with Crippen LogP contribution in [-0.4, -0.2) is 18.8 Å². The van der Waals surface area contributed by atoms with E-state index in [1.807, 2.05) is 30.3 Å². The van der Waals surface area contributed by atoms with Crippen LogP contribution in [0.4, 0.5) is 0 Å². The first kappa shape index (κ1) is 14.8. The second kappa shape index (κ2) is 7.24. The van der Waals surface area contributed by atoms with E-state index in [-0.39, 0.29) is 18.1 Å². The van der Waals surface area contributed by atoms with E-state index in [1.165, 1.54) is 0 Å². The van der Waals surface area contributed by atoms with Gasteiger partial charge in [0.25, 0.3) is 0 Å². The molecule has 1 amide bonds. The summed E-state index contributed by atoms with van der Waals surface area (Å²) in [6, 6.07) is 16.3. The number of ketones is 1. The summed E-state index contributed by atoms with van der Waals surface area (Å²) < 4.78 is 5.03. The molecule has 0 aliphatic carbocycles. The van der Waals surface area contributed by atoms with Gasteiger partial charge < -0.3 is 10.1 Å². The maximum absolute atomic E-state index is 12.0. The van der Waals surface area contributed by atoms with Crippen molar-refractivity contribution in [2.45, 2.75) is 13.0 Å². The SMILES string of the molecule is COc1ccc(C(=O)CC(=O)NCc2ccccc2)cc1. The van der Waals surface area contributed by atoms with Gasteiger partial charge in [0, 0.05) is 12.1 Å². The van der Waals surface area contributed by atoms with Crippen LogP contribution in [0.25, 0.3) is 0 Å². The number of amides is 1. The number of rotatable bonds is 6. The van der Waals surface area contributed by atoms with E-state index in [1.54, 1.807) is 31.4 Å². The lowest BCUT2D eigenvalue weighted by atomic mass is 10.1. The fraction of sp³-hybridized carbons (Fsp3) is 0.176. The van der Waals surface area contributed by atoms with Gasteiger partial charge in [0.1, 0.15) is 5.75 Å². The van der Waals surface area contributed by atoms with E-state index in [0.29, 0.717) is 17.9 Å². The molecule has 2 rings (SSSR count). The summed E-state index contributed by atoms with van der Waals surface area (Å²) in [7, 11) is 1.56. The average molecular weight is 283 g/mol. The first-order valence-electron chi connectivity index (χ1n) is 6.67. The number of hydrogen-bond acceptors (Lipinski definition) is 3. The predicted molar refractivity (Wildman–Crippen MR) is 80.2 cm³/mol. The molecule has 0 aromatic heterocycles. The molecule has 2 aromatic carbocycles. The number of ether oxygens (including phenoxy) is 1. The molecule has 0 atom stereocenters. The molecule has 0 saturated carbocycles. The maximum atomic E-state index is 12.0. The molecule has 1 N–H and O–H groups in total. The first-order valence-corrected chi connectivity index (χ1v) is 6.67. The highest BCUT2D eigenvalue weighted by Gasteiger charge is 2.11. The van der Waals surface area contributed by atoms with E-state index in [2.05, 4.69) is 5.32 Å². The van der Waals surface area contributed by atoms with Gasteiger partial charge in [-0.05, 0) is 29.8 Å². The molecule has 4 nitrogen and oxygen atoms in total. The van der Waals surface area contributed by atoms with Gasteiger partial charge >= 0.3 is 0 Å². The third-order valence-corrected chi connectivity index (χ3v) is 3.07. The quantitative estimate of drug-likeness (QED) is 0.655. The Balaban J connectivity index is 1.85. The van der Waals surface area contributed by atoms with E-state index >= 15 is 0 Å². The summed E-state index contributed by atoms with van der Waals surface area (Å²) in [6.45, 7) is 0.426. The minimum Gasteiger partial charge on any atom is -0.497 e. The zero-order valence-electron chi connectivity index (χ0n) is 11.8. The lowest BCUT2D eigenvalue weighted by molar-refractivity contribution is -0.120. The Morgan fingerprint density at radius 2 is 1.67 bits per heavy atom. The molecular weight excluding hydrogens is 266 g/mol. The van der Waals surface area contributed by atoms with Crippen molar-refractivity contribution in [2.24, 2.45) is 0 Å². The van der Waals surface area contributed by atoms with Crippen molar-refractivity contribution in [3.8, 4) is 5.75 Å². The third-order valence-electron chi connectivity index (χ3n) is 3.07. The van der Waals surface area contributed by atoms with Crippen LogP contribution in [0.1, 0.15) is 22.3 Å². The number of Topliss-reactive ketones (excluding diaryl/α,β-unsaturated/α-hetero) is 1. The van der Waals surface area contributed by atoms with E-state index in [0.717, 1.165) is 5.56 Å². The van der Waals surface area contributed by atoms with Crippen LogP contribution < -0.4 is 10.1 Å². The van der Waals surface area contributed by atoms with Crippen LogP contribution in [0.2, 0.25) is 0 Å². The summed E-state index contributed by atoms with van der Waals surface area (Å²) in [6.07, 6.45) is -0.154. The van der Waals surface area contributed by atoms with Crippen molar-refractivity contribution >= 4 is 11.7 Å². The normalized spacial score (nSPS) is 9.95. The van der Waals surface area contributed by atoms with Gasteiger partial charge in [-0.2, -0.15) is 0 Å². The second-order valence-electron chi connectivity index (χ2n) is 4.59. The van der Waals surface area contributed by atoms with Crippen molar-refractivity contribution < 1.29 is 14.3 Å². The number of benzene rings is 2. The fourth-order valence-electron chi connectivity index (χ4n) is 1.88. The van der Waals surface area contributed by atoms with E-state index in [9.17, 15) is 9.59 Å². The smallest absolute Gasteiger partial charge is 0.228 e. The summed E-state index contributed by atoms with van der Waals surface area (Å²) in [5.41, 5.74) is 1.51. The van der Waals surface area contributed by atoms with Crippen molar-refractivity contribution in [1.29, 1.82) is 0 Å². The lowest BCUT2D eigenvalue weighted by Crippen LogP contribution is -2.25. The van der Waals surface area contributed by atoms with E-state index in [4.69, 9.17) is 4.74 Å². The van der Waals surface area contributed by atoms with Crippen molar-refractivity contribution in [3.63, 3.8) is 0 Å². The lowest BCUT2D eigenvalue weighted by Gasteiger charge is -2.05. The Labute approximate surface area is 123 Å². The summed E-state index contributed by atoms with van der Waals surface area (Å²) in [5.74, 6) is 0.197. The van der Waals surface area contributed by atoms with E-state index < -0.39 is 0 Å². The Hall–Kier alpha value is -2.62. The molecule has 4 heteroatoms. The number of methoxy groups -OCH3 is 1. The Kier molecular flexibility index (Phi) is 5.10. The zero-order valence-corrected chi connectivity index (χ0v) is 11.8. The molecule has 0 radical (unpaired) electrons. The van der Waals surface area contributed by atoms with Crippen LogP contribution >= 0.6 is 0 Å². The van der Waals surface area contributed by atoms with Gasteiger partial charge in [0.05, 0.1) is 13.5 Å². The number of nitrogens with one attached hydrogen (secondary N) is 1. The van der Waals surface area contributed by atoms with Crippen LogP contribution in [-0.2, 0) is 11.3 Å². The Morgan fingerprint density at radius 1 is 1.00 bits per heavy atom. The molecule has 0 spiro atoms. The molecule has 2 aromatic rings. The highest BCUT2D eigenvalue weighted by molar-refractivity contribution is 6.07. The summed E-state index contributed by atoms with van der Waals surface area (Å²) in [5, 5.41) is 2.74. The number of hydrogen-bond donors (Lipinski definition) is 1. The third kappa shape index (κ3) is 4.45. The first-order chi connectivity index (χ1) is 10.2. The highest BCUT2D eigenvalue weighted by Crippen LogP contribution is 2.12. The minimum absolute atomic E-state index is 0.154. The van der Waals surface area contributed by atoms with Crippen molar-refractivity contribution in [3.05, 3.63) is 65.7 Å². The molecular formula is C17H17NO3. The molecule has 0 bridgehead atoms. The maximum Gasteiger partial charge on any atom is 0.228 e. The number of carbonyl (C=O) groups excluding carboxylic acids is 2. The molecule has 0 fully saturated rings. The van der Waals surface area contributed by atoms with Crippen LogP contribution in [0.3, 0.4) is 0 Å². The highest BCUT2D eigenvalue weighted by atomic mass is 16.5. The van der Waals surface area contributed by atoms with Gasteiger partial charge in [-0.1, -0.05) is 30.3 Å². The average Bonchev–Trinajstić information content (AvgIpc) is 2.54. The van der Waals surface area contributed by atoms with Crippen LogP contribution in [0.15, 0.2) is 54.6 Å². The Morgan fingerprint density at radius 3 is 2.29 bits per heavy atom.